The zero-order chi connectivity index (χ0) is 20.2. The van der Waals surface area contributed by atoms with Crippen LogP contribution in [-0.2, 0) is 16.6 Å². The van der Waals surface area contributed by atoms with Gasteiger partial charge < -0.3 is 10.0 Å². The molecule has 1 aromatic carbocycles. The molecule has 1 heterocycles. The van der Waals surface area contributed by atoms with Gasteiger partial charge >= 0.3 is 0 Å². The van der Waals surface area contributed by atoms with Crippen molar-refractivity contribution in [2.45, 2.75) is 83.6 Å². The summed E-state index contributed by atoms with van der Waals surface area (Å²) in [4.78, 5) is 16.5. The van der Waals surface area contributed by atoms with E-state index in [-0.39, 0.29) is 22.3 Å². The third-order valence-corrected chi connectivity index (χ3v) is 10.4. The summed E-state index contributed by atoms with van der Waals surface area (Å²) in [7, 11) is 0. The Hall–Kier alpha value is -1.51. The molecule has 3 nitrogen and oxygen atoms in total. The van der Waals surface area contributed by atoms with Crippen molar-refractivity contribution in [2.75, 3.05) is 6.54 Å². The number of phenolic OH excluding ortho intramolecular Hbond substituents is 1. The van der Waals surface area contributed by atoms with Gasteiger partial charge in [-0.25, -0.2) is 0 Å². The molecule has 0 aromatic heterocycles. The summed E-state index contributed by atoms with van der Waals surface area (Å²) in [6.45, 7) is 7.97. The van der Waals surface area contributed by atoms with E-state index < -0.39 is 0 Å². The minimum Gasteiger partial charge on any atom is -0.508 e. The van der Waals surface area contributed by atoms with Crippen molar-refractivity contribution in [2.24, 2.45) is 28.6 Å². The van der Waals surface area contributed by atoms with E-state index >= 15 is 0 Å². The monoisotopic (exact) mass is 393 g/mol. The van der Waals surface area contributed by atoms with Gasteiger partial charge in [0.1, 0.15) is 5.75 Å². The Kier molecular flexibility index (Phi) is 3.52. The smallest absolute Gasteiger partial charge is 0.229 e. The number of benzene rings is 1. The number of aromatic hydroxyl groups is 1. The van der Waals surface area contributed by atoms with Gasteiger partial charge in [-0.3, -0.25) is 4.79 Å². The SMILES string of the molecule is CC1(C)[C@@H]2Cc3c(O)cccc3[C@]1(C)CCN2C(=O)C12CC3CC(CC(C3)C1)C2. The summed E-state index contributed by atoms with van der Waals surface area (Å²) in [5.74, 6) is 3.27. The maximum absolute atomic E-state index is 14.2. The average molecular weight is 394 g/mol. The second kappa shape index (κ2) is 5.59. The molecule has 6 aliphatic rings. The number of carbonyl (C=O) groups excluding carboxylic acids is 1. The largest absolute Gasteiger partial charge is 0.508 e. The molecule has 5 fully saturated rings. The Labute approximate surface area is 174 Å². The first-order valence-corrected chi connectivity index (χ1v) is 11.9. The highest BCUT2D eigenvalue weighted by molar-refractivity contribution is 5.84. The summed E-state index contributed by atoms with van der Waals surface area (Å²) in [5, 5.41) is 10.6. The fraction of sp³-hybridized carbons (Fsp3) is 0.731. The number of phenols is 1. The van der Waals surface area contributed by atoms with E-state index in [1.807, 2.05) is 12.1 Å². The third-order valence-electron chi connectivity index (χ3n) is 10.4. The molecule has 1 aromatic rings. The zero-order valence-corrected chi connectivity index (χ0v) is 18.2. The minimum atomic E-state index is -0.0718. The van der Waals surface area contributed by atoms with Crippen LogP contribution >= 0.6 is 0 Å². The van der Waals surface area contributed by atoms with Crippen molar-refractivity contribution < 1.29 is 9.90 Å². The average Bonchev–Trinajstić information content (AvgIpc) is 2.64. The van der Waals surface area contributed by atoms with Crippen LogP contribution in [0.15, 0.2) is 18.2 Å². The lowest BCUT2D eigenvalue weighted by molar-refractivity contribution is -0.169. The third kappa shape index (κ3) is 2.23. The molecule has 3 heteroatoms. The fourth-order valence-corrected chi connectivity index (χ4v) is 8.85. The van der Waals surface area contributed by atoms with Crippen LogP contribution < -0.4 is 0 Å². The van der Waals surface area contributed by atoms with Crippen LogP contribution in [0.4, 0.5) is 0 Å². The Morgan fingerprint density at radius 1 is 1.03 bits per heavy atom. The number of fused-ring (bicyclic) bond motifs is 4. The number of piperidine rings is 1. The molecule has 0 radical (unpaired) electrons. The summed E-state index contributed by atoms with van der Waals surface area (Å²) in [6, 6.07) is 6.20. The summed E-state index contributed by atoms with van der Waals surface area (Å²) in [5.41, 5.74) is 2.33. The van der Waals surface area contributed by atoms with Crippen molar-refractivity contribution in [3.63, 3.8) is 0 Å². The van der Waals surface area contributed by atoms with Crippen molar-refractivity contribution in [3.05, 3.63) is 29.3 Å². The van der Waals surface area contributed by atoms with E-state index in [1.54, 1.807) is 0 Å². The zero-order valence-electron chi connectivity index (χ0n) is 18.2. The summed E-state index contributed by atoms with van der Waals surface area (Å²) in [6.07, 6.45) is 9.33. The first-order valence-electron chi connectivity index (χ1n) is 11.9. The molecule has 2 atom stereocenters. The Morgan fingerprint density at radius 3 is 2.28 bits per heavy atom. The topological polar surface area (TPSA) is 40.5 Å². The Bertz CT molecular complexity index is 851. The molecular formula is C26H35NO2. The molecule has 7 rings (SSSR count). The number of nitrogens with zero attached hydrogens (tertiary/aromatic N) is 1. The number of hydrogen-bond donors (Lipinski definition) is 1. The number of likely N-dealkylation sites (tertiary alicyclic amines) is 1. The van der Waals surface area contributed by atoms with Gasteiger partial charge in [-0.2, -0.15) is 0 Å². The standard InChI is InChI=1S/C26H35NO2/c1-24(2)22-12-19-20(5-4-6-21(19)28)25(24,3)7-8-27(22)23(29)26-13-16-9-17(14-26)11-18(10-16)15-26/h4-6,16-18,22,28H,7-15H2,1-3H3/t16?,17?,18?,22-,25-,26?/m0/s1. The lowest BCUT2D eigenvalue weighted by Gasteiger charge is -2.63. The molecular weight excluding hydrogens is 358 g/mol. The summed E-state index contributed by atoms with van der Waals surface area (Å²) < 4.78 is 0. The quantitative estimate of drug-likeness (QED) is 0.725. The second-order valence-electron chi connectivity index (χ2n) is 12.0. The van der Waals surface area contributed by atoms with Crippen LogP contribution in [0.3, 0.4) is 0 Å². The molecule has 1 saturated heterocycles. The molecule has 0 unspecified atom stereocenters. The van der Waals surface area contributed by atoms with Gasteiger partial charge in [0.15, 0.2) is 0 Å². The maximum Gasteiger partial charge on any atom is 0.229 e. The van der Waals surface area contributed by atoms with Crippen LogP contribution in [0, 0.1) is 28.6 Å². The fourth-order valence-electron chi connectivity index (χ4n) is 8.85. The Balaban J connectivity index is 1.40. The number of carbonyl (C=O) groups is 1. The molecule has 4 saturated carbocycles. The van der Waals surface area contributed by atoms with Gasteiger partial charge in [-0.15, -0.1) is 0 Å². The van der Waals surface area contributed by atoms with Gasteiger partial charge in [0, 0.05) is 18.0 Å². The van der Waals surface area contributed by atoms with Crippen LogP contribution in [0.5, 0.6) is 5.75 Å². The van der Waals surface area contributed by atoms with E-state index in [9.17, 15) is 9.90 Å². The Morgan fingerprint density at radius 2 is 1.66 bits per heavy atom. The first-order chi connectivity index (χ1) is 13.7. The van der Waals surface area contributed by atoms with Crippen molar-refractivity contribution in [3.8, 4) is 5.75 Å². The molecule has 1 N–H and O–H groups in total. The van der Waals surface area contributed by atoms with Gasteiger partial charge in [0.05, 0.1) is 5.41 Å². The number of rotatable bonds is 1. The van der Waals surface area contributed by atoms with E-state index in [0.29, 0.717) is 11.7 Å². The van der Waals surface area contributed by atoms with Crippen molar-refractivity contribution >= 4 is 5.91 Å². The van der Waals surface area contributed by atoms with E-state index in [0.717, 1.165) is 62.0 Å². The van der Waals surface area contributed by atoms with Crippen LogP contribution in [0.2, 0.25) is 0 Å². The first kappa shape index (κ1) is 18.3. The molecule has 0 spiro atoms. The molecule has 1 amide bonds. The molecule has 156 valence electrons. The van der Waals surface area contributed by atoms with Gasteiger partial charge in [0.2, 0.25) is 5.91 Å². The highest BCUT2D eigenvalue weighted by Crippen LogP contribution is 2.63. The summed E-state index contributed by atoms with van der Waals surface area (Å²) >= 11 is 0. The van der Waals surface area contributed by atoms with Crippen molar-refractivity contribution in [1.29, 1.82) is 0 Å². The highest BCUT2D eigenvalue weighted by Gasteiger charge is 2.61. The maximum atomic E-state index is 14.2. The lowest BCUT2D eigenvalue weighted by Crippen LogP contribution is -2.67. The second-order valence-corrected chi connectivity index (χ2v) is 12.0. The van der Waals surface area contributed by atoms with Gasteiger partial charge in [0.25, 0.3) is 0 Å². The van der Waals surface area contributed by atoms with E-state index in [2.05, 4.69) is 31.7 Å². The predicted octanol–water partition coefficient (Wildman–Crippen LogP) is 5.05. The number of amides is 1. The van der Waals surface area contributed by atoms with Crippen LogP contribution in [0.25, 0.3) is 0 Å². The van der Waals surface area contributed by atoms with Crippen LogP contribution in [-0.4, -0.2) is 28.5 Å². The lowest BCUT2D eigenvalue weighted by atomic mass is 9.48. The minimum absolute atomic E-state index is 0.00222. The predicted molar refractivity (Wildman–Crippen MR) is 114 cm³/mol. The molecule has 6 bridgehead atoms. The number of hydrogen-bond acceptors (Lipinski definition) is 2. The molecule has 1 aliphatic heterocycles. The molecule has 5 aliphatic carbocycles. The van der Waals surface area contributed by atoms with Crippen molar-refractivity contribution in [1.82, 2.24) is 4.90 Å². The van der Waals surface area contributed by atoms with Gasteiger partial charge in [-0.1, -0.05) is 32.9 Å². The van der Waals surface area contributed by atoms with E-state index in [4.69, 9.17) is 0 Å². The highest BCUT2D eigenvalue weighted by atomic mass is 16.3. The molecule has 29 heavy (non-hydrogen) atoms. The van der Waals surface area contributed by atoms with Gasteiger partial charge in [-0.05, 0) is 91.7 Å². The van der Waals surface area contributed by atoms with Crippen LogP contribution in [0.1, 0.15) is 76.8 Å². The van der Waals surface area contributed by atoms with E-state index in [1.165, 1.54) is 24.8 Å². The normalized spacial score (nSPS) is 43.9.